The SMILES string of the molecule is C/C=C/CC/C=C/CC/C=C/CCCC(O)C(O)C(COC1OC(CO)C(O)C(O)C1O)NC(=O)C(O)CCCCCCCCCCCCCCCCCCCCCCCCCC. The molecule has 0 aromatic heterocycles. The van der Waals surface area contributed by atoms with E-state index in [4.69, 9.17) is 9.47 Å². The Balaban J connectivity index is 2.32. The second kappa shape index (κ2) is 41.7. The molecule has 9 atom stereocenters. The maximum absolute atomic E-state index is 13.1. The number of rotatable bonds is 43. The van der Waals surface area contributed by atoms with E-state index in [1.165, 1.54) is 128 Å². The highest BCUT2D eigenvalue weighted by atomic mass is 16.7. The van der Waals surface area contributed by atoms with Gasteiger partial charge >= 0.3 is 0 Å². The van der Waals surface area contributed by atoms with Crippen molar-refractivity contribution in [2.75, 3.05) is 13.2 Å². The van der Waals surface area contributed by atoms with Crippen molar-refractivity contribution in [1.29, 1.82) is 0 Å². The van der Waals surface area contributed by atoms with Crippen molar-refractivity contribution in [2.24, 2.45) is 0 Å². The van der Waals surface area contributed by atoms with Gasteiger partial charge < -0.3 is 50.5 Å². The molecule has 9 unspecified atom stereocenters. The van der Waals surface area contributed by atoms with Gasteiger partial charge in [0.25, 0.3) is 0 Å². The summed E-state index contributed by atoms with van der Waals surface area (Å²) in [5.41, 5.74) is 0. The van der Waals surface area contributed by atoms with E-state index in [0.29, 0.717) is 19.3 Å². The molecule has 1 saturated heterocycles. The van der Waals surface area contributed by atoms with Crippen molar-refractivity contribution in [3.8, 4) is 0 Å². The first kappa shape index (κ1) is 59.3. The van der Waals surface area contributed by atoms with Crippen molar-refractivity contribution in [1.82, 2.24) is 5.32 Å². The minimum Gasteiger partial charge on any atom is -0.394 e. The Labute approximate surface area is 384 Å². The van der Waals surface area contributed by atoms with Gasteiger partial charge in [0, 0.05) is 0 Å². The number of allylic oxidation sites excluding steroid dienone is 6. The van der Waals surface area contributed by atoms with Gasteiger partial charge in [0.2, 0.25) is 5.91 Å². The van der Waals surface area contributed by atoms with E-state index in [0.717, 1.165) is 44.9 Å². The molecule has 1 fully saturated rings. The Morgan fingerprint density at radius 2 is 1.00 bits per heavy atom. The van der Waals surface area contributed by atoms with E-state index >= 15 is 0 Å². The Hall–Kier alpha value is -1.67. The average Bonchev–Trinajstić information content (AvgIpc) is 3.28. The van der Waals surface area contributed by atoms with Crippen molar-refractivity contribution in [3.05, 3.63) is 36.5 Å². The molecular weight excluding hydrogens is 799 g/mol. The van der Waals surface area contributed by atoms with Crippen LogP contribution in [0.5, 0.6) is 0 Å². The topological polar surface area (TPSA) is 189 Å². The number of aliphatic hydroxyl groups excluding tert-OH is 7. The van der Waals surface area contributed by atoms with Crippen LogP contribution in [-0.4, -0.2) is 110 Å². The fourth-order valence-corrected chi connectivity index (χ4v) is 8.25. The van der Waals surface area contributed by atoms with Crippen LogP contribution in [-0.2, 0) is 14.3 Å². The van der Waals surface area contributed by atoms with Gasteiger partial charge in [0.1, 0.15) is 36.6 Å². The Kier molecular flexibility index (Phi) is 39.3. The molecule has 63 heavy (non-hydrogen) atoms. The molecule has 1 heterocycles. The van der Waals surface area contributed by atoms with Gasteiger partial charge in [-0.15, -0.1) is 0 Å². The first-order chi connectivity index (χ1) is 30.7. The van der Waals surface area contributed by atoms with Crippen LogP contribution in [0.25, 0.3) is 0 Å². The Bertz CT molecular complexity index is 1120. The fraction of sp³-hybridized carbons (Fsp3) is 0.865. The lowest BCUT2D eigenvalue weighted by molar-refractivity contribution is -0.303. The molecule has 1 amide bonds. The molecule has 1 aliphatic heterocycles. The largest absolute Gasteiger partial charge is 0.394 e. The van der Waals surface area contributed by atoms with E-state index in [2.05, 4.69) is 42.6 Å². The third-order valence-electron chi connectivity index (χ3n) is 12.5. The first-order valence-electron chi connectivity index (χ1n) is 25.9. The number of amides is 1. The molecule has 1 rings (SSSR count). The van der Waals surface area contributed by atoms with Gasteiger partial charge in [-0.1, -0.05) is 197 Å². The van der Waals surface area contributed by atoms with Gasteiger partial charge in [-0.3, -0.25) is 4.79 Å². The highest BCUT2D eigenvalue weighted by Gasteiger charge is 2.44. The van der Waals surface area contributed by atoms with Crippen LogP contribution in [0, 0.1) is 0 Å². The fourth-order valence-electron chi connectivity index (χ4n) is 8.25. The van der Waals surface area contributed by atoms with Gasteiger partial charge in [-0.25, -0.2) is 0 Å². The summed E-state index contributed by atoms with van der Waals surface area (Å²) in [4.78, 5) is 13.1. The molecule has 0 spiro atoms. The normalized spacial score (nSPS) is 21.4. The minimum atomic E-state index is -1.67. The second-order valence-corrected chi connectivity index (χ2v) is 18.2. The van der Waals surface area contributed by atoms with Gasteiger partial charge in [0.05, 0.1) is 25.4 Å². The van der Waals surface area contributed by atoms with Crippen LogP contribution in [0.15, 0.2) is 36.5 Å². The molecule has 0 bridgehead atoms. The number of ether oxygens (including phenoxy) is 2. The smallest absolute Gasteiger partial charge is 0.249 e. The molecule has 0 aromatic rings. The van der Waals surface area contributed by atoms with Gasteiger partial charge in [-0.2, -0.15) is 0 Å². The van der Waals surface area contributed by atoms with Crippen molar-refractivity contribution >= 4 is 5.91 Å². The van der Waals surface area contributed by atoms with E-state index in [1.54, 1.807) is 0 Å². The number of hydrogen-bond donors (Lipinski definition) is 8. The number of unbranched alkanes of at least 4 members (excludes halogenated alkanes) is 26. The summed E-state index contributed by atoms with van der Waals surface area (Å²) in [6, 6.07) is -1.19. The molecule has 0 aliphatic carbocycles. The van der Waals surface area contributed by atoms with Gasteiger partial charge in [-0.05, 0) is 58.3 Å². The van der Waals surface area contributed by atoms with Crippen LogP contribution in [0.4, 0.5) is 0 Å². The zero-order valence-electron chi connectivity index (χ0n) is 40.1. The standard InChI is InChI=1S/C52H97NO10/c1-3-5-7-9-11-13-15-17-18-19-20-21-22-23-24-25-26-27-28-30-32-34-36-38-40-45(56)51(61)53-43(42-62-52-50(60)49(59)48(58)46(41-54)63-52)47(57)44(55)39-37-35-33-31-29-16-14-12-10-8-6-4-2/h4,6,12,14,31,33,43-50,52,54-60H,3,5,7-11,13,15-30,32,34-42H2,1-2H3,(H,53,61)/b6-4+,14-12+,33-31+. The van der Waals surface area contributed by atoms with Crippen LogP contribution in [0.3, 0.4) is 0 Å². The number of aliphatic hydroxyl groups is 7. The second-order valence-electron chi connectivity index (χ2n) is 18.2. The molecule has 11 nitrogen and oxygen atoms in total. The number of nitrogens with one attached hydrogen (secondary N) is 1. The lowest BCUT2D eigenvalue weighted by atomic mass is 9.98. The number of carbonyl (C=O) groups is 1. The third kappa shape index (κ3) is 31.0. The third-order valence-corrected chi connectivity index (χ3v) is 12.5. The van der Waals surface area contributed by atoms with Crippen LogP contribution < -0.4 is 5.32 Å². The predicted molar refractivity (Wildman–Crippen MR) is 256 cm³/mol. The van der Waals surface area contributed by atoms with Crippen LogP contribution in [0.1, 0.15) is 219 Å². The van der Waals surface area contributed by atoms with E-state index < -0.39 is 74.2 Å². The summed E-state index contributed by atoms with van der Waals surface area (Å²) in [7, 11) is 0. The first-order valence-corrected chi connectivity index (χ1v) is 25.9. The summed E-state index contributed by atoms with van der Waals surface area (Å²) in [6.07, 6.45) is 38.0. The predicted octanol–water partition coefficient (Wildman–Crippen LogP) is 9.56. The zero-order valence-corrected chi connectivity index (χ0v) is 40.1. The number of hydrogen-bond acceptors (Lipinski definition) is 10. The quantitative estimate of drug-likeness (QED) is 0.0216. The molecule has 370 valence electrons. The summed E-state index contributed by atoms with van der Waals surface area (Å²) < 4.78 is 11.1. The van der Waals surface area contributed by atoms with Crippen molar-refractivity contribution in [3.63, 3.8) is 0 Å². The lowest BCUT2D eigenvalue weighted by Crippen LogP contribution is -2.60. The lowest BCUT2D eigenvalue weighted by Gasteiger charge is -2.40. The molecule has 0 radical (unpaired) electrons. The van der Waals surface area contributed by atoms with Crippen LogP contribution >= 0.6 is 0 Å². The summed E-state index contributed by atoms with van der Waals surface area (Å²) in [5.74, 6) is -0.712. The summed E-state index contributed by atoms with van der Waals surface area (Å²) >= 11 is 0. The van der Waals surface area contributed by atoms with Crippen molar-refractivity contribution in [2.45, 2.75) is 274 Å². The van der Waals surface area contributed by atoms with E-state index in [-0.39, 0.29) is 12.8 Å². The molecule has 0 saturated carbocycles. The van der Waals surface area contributed by atoms with E-state index in [1.807, 2.05) is 13.0 Å². The molecular formula is C52H97NO10. The zero-order chi connectivity index (χ0) is 46.2. The molecule has 11 heteroatoms. The van der Waals surface area contributed by atoms with Crippen molar-refractivity contribution < 1.29 is 50.0 Å². The highest BCUT2D eigenvalue weighted by molar-refractivity contribution is 5.80. The van der Waals surface area contributed by atoms with E-state index in [9.17, 15) is 40.5 Å². The highest BCUT2D eigenvalue weighted by Crippen LogP contribution is 2.23. The Morgan fingerprint density at radius 3 is 1.44 bits per heavy atom. The average molecular weight is 896 g/mol. The van der Waals surface area contributed by atoms with Crippen LogP contribution in [0.2, 0.25) is 0 Å². The molecule has 0 aromatic carbocycles. The maximum atomic E-state index is 13.1. The monoisotopic (exact) mass is 896 g/mol. The summed E-state index contributed by atoms with van der Waals surface area (Å²) in [5, 5.41) is 75.7. The summed E-state index contributed by atoms with van der Waals surface area (Å²) in [6.45, 7) is 3.21. The number of carbonyl (C=O) groups excluding carboxylic acids is 1. The Morgan fingerprint density at radius 1 is 0.571 bits per heavy atom. The molecule has 8 N–H and O–H groups in total. The minimum absolute atomic E-state index is 0.241. The van der Waals surface area contributed by atoms with Gasteiger partial charge in [0.15, 0.2) is 6.29 Å². The molecule has 1 aliphatic rings. The maximum Gasteiger partial charge on any atom is 0.249 e.